The Morgan fingerprint density at radius 3 is 3.14 bits per heavy atom. The second kappa shape index (κ2) is 2.95. The van der Waals surface area contributed by atoms with Crippen molar-refractivity contribution >= 4 is 17.2 Å². The number of fused-ring (bicyclic) bond motifs is 4. The highest BCUT2D eigenvalue weighted by Gasteiger charge is 2.33. The molecule has 0 aromatic heterocycles. The zero-order valence-electron chi connectivity index (χ0n) is 7.69. The lowest BCUT2D eigenvalue weighted by molar-refractivity contribution is 0.135. The van der Waals surface area contributed by atoms with E-state index in [-0.39, 0.29) is 6.23 Å². The van der Waals surface area contributed by atoms with Crippen molar-refractivity contribution < 1.29 is 4.74 Å². The van der Waals surface area contributed by atoms with Gasteiger partial charge in [0.1, 0.15) is 5.75 Å². The average molecular weight is 205 g/mol. The van der Waals surface area contributed by atoms with E-state index >= 15 is 0 Å². The fourth-order valence-corrected chi connectivity index (χ4v) is 2.59. The Morgan fingerprint density at radius 2 is 2.21 bits per heavy atom. The maximum atomic E-state index is 5.77. The third kappa shape index (κ3) is 1.20. The van der Waals surface area contributed by atoms with E-state index in [9.17, 15) is 0 Å². The lowest BCUT2D eigenvalue weighted by Gasteiger charge is -2.37. The molecule has 2 aliphatic heterocycles. The number of hydrogen-bond donors (Lipinski definition) is 1. The minimum absolute atomic E-state index is 0.0937. The summed E-state index contributed by atoms with van der Waals surface area (Å²) in [5.74, 6) is 1.57. The lowest BCUT2D eigenvalue weighted by Crippen LogP contribution is -2.46. The summed E-state index contributed by atoms with van der Waals surface area (Å²) in [6, 6.07) is 8.25. The monoisotopic (exact) mass is 205 g/mol. The normalized spacial score (nSPS) is 28.7. The molecule has 14 heavy (non-hydrogen) atoms. The molecule has 1 saturated heterocycles. The summed E-state index contributed by atoms with van der Waals surface area (Å²) in [5, 5.41) is 3.20. The predicted octanol–water partition coefficient (Wildman–Crippen LogP) is 2.20. The van der Waals surface area contributed by atoms with Crippen LogP contribution in [0.5, 0.6) is 5.75 Å². The molecule has 0 saturated carbocycles. The standard InChI is InChI=1S/C11H11NOS/c14-11-6-7-5-10(12-11)13-9-4-2-1-3-8(7)9/h1-4,7,10H,5-6H2,(H,12,14). The van der Waals surface area contributed by atoms with Gasteiger partial charge >= 0.3 is 0 Å². The quantitative estimate of drug-likeness (QED) is 0.656. The van der Waals surface area contributed by atoms with Crippen molar-refractivity contribution in [2.24, 2.45) is 0 Å². The second-order valence-electron chi connectivity index (χ2n) is 3.85. The number of benzene rings is 1. The Hall–Kier alpha value is -1.09. The summed E-state index contributed by atoms with van der Waals surface area (Å²) in [6.45, 7) is 0. The molecule has 2 unspecified atom stereocenters. The van der Waals surface area contributed by atoms with Crippen molar-refractivity contribution in [2.75, 3.05) is 0 Å². The van der Waals surface area contributed by atoms with Gasteiger partial charge in [0.15, 0.2) is 6.23 Å². The third-order valence-electron chi connectivity index (χ3n) is 2.88. The first kappa shape index (κ1) is 8.24. The fraction of sp³-hybridized carbons (Fsp3) is 0.364. The van der Waals surface area contributed by atoms with E-state index < -0.39 is 0 Å². The first-order chi connectivity index (χ1) is 6.83. The number of rotatable bonds is 0. The molecule has 2 heterocycles. The van der Waals surface area contributed by atoms with Gasteiger partial charge in [-0.25, -0.2) is 0 Å². The fourth-order valence-electron chi connectivity index (χ4n) is 2.26. The maximum absolute atomic E-state index is 5.77. The van der Waals surface area contributed by atoms with Crippen LogP contribution in [-0.2, 0) is 0 Å². The number of ether oxygens (including phenoxy) is 1. The summed E-state index contributed by atoms with van der Waals surface area (Å²) in [5.41, 5.74) is 1.31. The molecule has 2 aliphatic rings. The molecule has 1 aromatic carbocycles. The number of piperidine rings is 1. The molecule has 0 spiro atoms. The van der Waals surface area contributed by atoms with E-state index in [0.29, 0.717) is 5.92 Å². The van der Waals surface area contributed by atoms with Gasteiger partial charge in [-0.05, 0) is 17.5 Å². The van der Waals surface area contributed by atoms with Crippen LogP contribution in [0.1, 0.15) is 24.3 Å². The van der Waals surface area contributed by atoms with E-state index in [2.05, 4.69) is 17.4 Å². The van der Waals surface area contributed by atoms with Crippen molar-refractivity contribution in [2.45, 2.75) is 25.0 Å². The minimum atomic E-state index is 0.0937. The molecular formula is C11H11NOS. The first-order valence-corrected chi connectivity index (χ1v) is 5.29. The van der Waals surface area contributed by atoms with Gasteiger partial charge in [-0.15, -0.1) is 0 Å². The van der Waals surface area contributed by atoms with Crippen molar-refractivity contribution in [1.82, 2.24) is 5.32 Å². The van der Waals surface area contributed by atoms with Crippen LogP contribution >= 0.6 is 12.2 Å². The number of hydrogen-bond acceptors (Lipinski definition) is 2. The second-order valence-corrected chi connectivity index (χ2v) is 4.34. The Labute approximate surface area is 88.3 Å². The van der Waals surface area contributed by atoms with Crippen LogP contribution in [0.4, 0.5) is 0 Å². The van der Waals surface area contributed by atoms with Gasteiger partial charge in [0.25, 0.3) is 0 Å². The first-order valence-electron chi connectivity index (χ1n) is 4.88. The van der Waals surface area contributed by atoms with Crippen LogP contribution in [0.3, 0.4) is 0 Å². The van der Waals surface area contributed by atoms with Gasteiger partial charge in [-0.3, -0.25) is 0 Å². The molecule has 1 fully saturated rings. The molecule has 2 nitrogen and oxygen atoms in total. The predicted molar refractivity (Wildman–Crippen MR) is 58.6 cm³/mol. The van der Waals surface area contributed by atoms with Gasteiger partial charge in [0, 0.05) is 12.8 Å². The Kier molecular flexibility index (Phi) is 1.74. The highest BCUT2D eigenvalue weighted by molar-refractivity contribution is 7.80. The van der Waals surface area contributed by atoms with Crippen LogP contribution in [0.25, 0.3) is 0 Å². The van der Waals surface area contributed by atoms with Crippen molar-refractivity contribution in [1.29, 1.82) is 0 Å². The van der Waals surface area contributed by atoms with Crippen LogP contribution in [0, 0.1) is 0 Å². The molecule has 3 heteroatoms. The molecule has 3 rings (SSSR count). The zero-order chi connectivity index (χ0) is 9.54. The zero-order valence-corrected chi connectivity index (χ0v) is 8.51. The summed E-state index contributed by atoms with van der Waals surface area (Å²) >= 11 is 5.20. The number of nitrogens with one attached hydrogen (secondary N) is 1. The van der Waals surface area contributed by atoms with E-state index in [1.165, 1.54) is 5.56 Å². The van der Waals surface area contributed by atoms with Crippen molar-refractivity contribution in [3.05, 3.63) is 29.8 Å². The molecule has 2 bridgehead atoms. The molecule has 2 atom stereocenters. The largest absolute Gasteiger partial charge is 0.470 e. The smallest absolute Gasteiger partial charge is 0.170 e. The molecule has 1 aromatic rings. The maximum Gasteiger partial charge on any atom is 0.170 e. The number of para-hydroxylation sites is 1. The SMILES string of the molecule is S=C1CC2CC(N1)Oc1ccccc12. The summed E-state index contributed by atoms with van der Waals surface area (Å²) < 4.78 is 5.77. The minimum Gasteiger partial charge on any atom is -0.470 e. The van der Waals surface area contributed by atoms with Crippen molar-refractivity contribution in [3.63, 3.8) is 0 Å². The Morgan fingerprint density at radius 1 is 1.36 bits per heavy atom. The molecule has 1 N–H and O–H groups in total. The highest BCUT2D eigenvalue weighted by atomic mass is 32.1. The van der Waals surface area contributed by atoms with E-state index in [1.807, 2.05) is 12.1 Å². The molecule has 0 amide bonds. The van der Waals surface area contributed by atoms with Gasteiger partial charge in [0.2, 0.25) is 0 Å². The Bertz CT molecular complexity index is 391. The van der Waals surface area contributed by atoms with Crippen molar-refractivity contribution in [3.8, 4) is 5.75 Å². The number of thiocarbonyl (C=S) groups is 1. The van der Waals surface area contributed by atoms with Crippen LogP contribution in [-0.4, -0.2) is 11.2 Å². The third-order valence-corrected chi connectivity index (χ3v) is 3.16. The van der Waals surface area contributed by atoms with E-state index in [1.54, 1.807) is 0 Å². The average Bonchev–Trinajstić information content (AvgIpc) is 2.17. The van der Waals surface area contributed by atoms with Gasteiger partial charge in [-0.2, -0.15) is 0 Å². The summed E-state index contributed by atoms with van der Waals surface area (Å²) in [4.78, 5) is 0.931. The van der Waals surface area contributed by atoms with Crippen LogP contribution < -0.4 is 10.1 Å². The van der Waals surface area contributed by atoms with E-state index in [0.717, 1.165) is 23.6 Å². The Balaban J connectivity index is 2.05. The highest BCUT2D eigenvalue weighted by Crippen LogP contribution is 2.39. The van der Waals surface area contributed by atoms with Gasteiger partial charge in [-0.1, -0.05) is 30.4 Å². The van der Waals surface area contributed by atoms with Gasteiger partial charge in [0.05, 0.1) is 4.99 Å². The topological polar surface area (TPSA) is 21.3 Å². The molecule has 0 aliphatic carbocycles. The van der Waals surface area contributed by atoms with Gasteiger partial charge < -0.3 is 10.1 Å². The summed E-state index contributed by atoms with van der Waals surface area (Å²) in [7, 11) is 0. The molecule has 0 radical (unpaired) electrons. The van der Waals surface area contributed by atoms with Crippen LogP contribution in [0.15, 0.2) is 24.3 Å². The molecular weight excluding hydrogens is 194 g/mol. The molecule has 72 valence electrons. The van der Waals surface area contributed by atoms with Crippen LogP contribution in [0.2, 0.25) is 0 Å². The lowest BCUT2D eigenvalue weighted by atomic mass is 9.87. The van der Waals surface area contributed by atoms with E-state index in [4.69, 9.17) is 17.0 Å². The summed E-state index contributed by atoms with van der Waals surface area (Å²) in [6.07, 6.45) is 2.10.